The van der Waals surface area contributed by atoms with Gasteiger partial charge in [-0.05, 0) is 25.7 Å². The van der Waals surface area contributed by atoms with Crippen LogP contribution >= 0.6 is 0 Å². The lowest BCUT2D eigenvalue weighted by molar-refractivity contribution is -0.105. The van der Waals surface area contributed by atoms with Crippen molar-refractivity contribution in [1.29, 1.82) is 0 Å². The van der Waals surface area contributed by atoms with Crippen molar-refractivity contribution in [3.63, 3.8) is 0 Å². The maximum Gasteiger partial charge on any atom is 0.0912 e. The summed E-state index contributed by atoms with van der Waals surface area (Å²) in [4.78, 5) is 0. The van der Waals surface area contributed by atoms with E-state index in [0.29, 0.717) is 5.41 Å². The molecule has 0 bridgehead atoms. The minimum absolute atomic E-state index is 0.0729. The molecule has 2 aliphatic carbocycles. The summed E-state index contributed by atoms with van der Waals surface area (Å²) >= 11 is 0. The highest BCUT2D eigenvalue weighted by Crippen LogP contribution is 2.52. The quantitative estimate of drug-likeness (QED) is 0.563. The van der Waals surface area contributed by atoms with Crippen LogP contribution in [0, 0.1) is 5.41 Å². The molecule has 0 heterocycles. The average Bonchev–Trinajstić information content (AvgIpc) is 2.17. The zero-order valence-electron chi connectivity index (χ0n) is 8.81. The van der Waals surface area contributed by atoms with E-state index in [4.69, 9.17) is 4.74 Å². The van der Waals surface area contributed by atoms with Gasteiger partial charge in [0.05, 0.1) is 5.60 Å². The van der Waals surface area contributed by atoms with Gasteiger partial charge in [-0.25, -0.2) is 0 Å². The Kier molecular flexibility index (Phi) is 2.23. The molecule has 13 heavy (non-hydrogen) atoms. The highest BCUT2D eigenvalue weighted by molar-refractivity contribution is 5.16. The Labute approximate surface area is 81.2 Å². The first-order valence-corrected chi connectivity index (χ1v) is 5.45. The summed E-state index contributed by atoms with van der Waals surface area (Å²) in [5.41, 5.74) is 0.484. The number of methoxy groups -OCH3 is 1. The number of allylic oxidation sites excluding steroid dienone is 1. The van der Waals surface area contributed by atoms with Crippen LogP contribution < -0.4 is 0 Å². The summed E-state index contributed by atoms with van der Waals surface area (Å²) in [6, 6.07) is 0. The number of hydrogen-bond acceptors (Lipinski definition) is 1. The van der Waals surface area contributed by atoms with Crippen LogP contribution in [0.2, 0.25) is 0 Å². The standard InChI is InChI=1S/C12H20O/c1-11-7-3-5-9-12(11,13-2)10-6-4-8-11/h5,9H,3-4,6-8,10H2,1-2H3/t11-,12+/m0/s1. The third-order valence-electron chi connectivity index (χ3n) is 4.16. The van der Waals surface area contributed by atoms with Crippen molar-refractivity contribution >= 4 is 0 Å². The van der Waals surface area contributed by atoms with E-state index in [-0.39, 0.29) is 5.60 Å². The second kappa shape index (κ2) is 3.13. The first kappa shape index (κ1) is 9.26. The molecule has 2 rings (SSSR count). The fourth-order valence-corrected chi connectivity index (χ4v) is 3.13. The highest BCUT2D eigenvalue weighted by atomic mass is 16.5. The average molecular weight is 180 g/mol. The molecule has 0 aromatic carbocycles. The van der Waals surface area contributed by atoms with Crippen LogP contribution in [0.15, 0.2) is 12.2 Å². The van der Waals surface area contributed by atoms with Crippen LogP contribution in [0.5, 0.6) is 0 Å². The van der Waals surface area contributed by atoms with E-state index in [1.54, 1.807) is 0 Å². The summed E-state index contributed by atoms with van der Waals surface area (Å²) in [7, 11) is 1.87. The Morgan fingerprint density at radius 3 is 2.62 bits per heavy atom. The SMILES string of the molecule is CO[C@@]12C=CCC[C@@]1(C)CCCC2. The lowest BCUT2D eigenvalue weighted by Gasteiger charge is -2.51. The minimum atomic E-state index is 0.0729. The number of hydrogen-bond donors (Lipinski definition) is 0. The van der Waals surface area contributed by atoms with Gasteiger partial charge in [0, 0.05) is 12.5 Å². The van der Waals surface area contributed by atoms with Crippen LogP contribution in [-0.2, 0) is 4.74 Å². The number of rotatable bonds is 1. The highest BCUT2D eigenvalue weighted by Gasteiger charge is 2.48. The third-order valence-corrected chi connectivity index (χ3v) is 4.16. The van der Waals surface area contributed by atoms with Crippen molar-refractivity contribution in [1.82, 2.24) is 0 Å². The van der Waals surface area contributed by atoms with Crippen molar-refractivity contribution in [2.24, 2.45) is 5.41 Å². The van der Waals surface area contributed by atoms with Gasteiger partial charge in [0.1, 0.15) is 0 Å². The molecule has 0 aromatic heterocycles. The molecule has 0 amide bonds. The maximum absolute atomic E-state index is 5.80. The first-order chi connectivity index (χ1) is 6.22. The Morgan fingerprint density at radius 2 is 1.92 bits per heavy atom. The summed E-state index contributed by atoms with van der Waals surface area (Å²) < 4.78 is 5.80. The summed E-state index contributed by atoms with van der Waals surface area (Å²) in [6.45, 7) is 2.40. The van der Waals surface area contributed by atoms with Crippen LogP contribution in [-0.4, -0.2) is 12.7 Å². The van der Waals surface area contributed by atoms with Gasteiger partial charge in [0.15, 0.2) is 0 Å². The molecule has 0 aromatic rings. The van der Waals surface area contributed by atoms with Crippen molar-refractivity contribution in [2.75, 3.05) is 7.11 Å². The Morgan fingerprint density at radius 1 is 1.15 bits per heavy atom. The van der Waals surface area contributed by atoms with E-state index in [0.717, 1.165) is 0 Å². The molecule has 0 spiro atoms. The van der Waals surface area contributed by atoms with E-state index in [1.807, 2.05) is 7.11 Å². The van der Waals surface area contributed by atoms with Crippen LogP contribution in [0.25, 0.3) is 0 Å². The lowest BCUT2D eigenvalue weighted by atomic mass is 9.60. The molecule has 0 unspecified atom stereocenters. The lowest BCUT2D eigenvalue weighted by Crippen LogP contribution is -2.50. The van der Waals surface area contributed by atoms with E-state index in [2.05, 4.69) is 19.1 Å². The molecule has 0 N–H and O–H groups in total. The minimum Gasteiger partial charge on any atom is -0.374 e. The molecule has 2 atom stereocenters. The normalized spacial score (nSPS) is 44.5. The number of ether oxygens (including phenoxy) is 1. The summed E-state index contributed by atoms with van der Waals surface area (Å²) in [5, 5.41) is 0. The molecule has 1 saturated carbocycles. The van der Waals surface area contributed by atoms with E-state index < -0.39 is 0 Å². The van der Waals surface area contributed by atoms with E-state index in [1.165, 1.54) is 38.5 Å². The molecule has 0 saturated heterocycles. The monoisotopic (exact) mass is 180 g/mol. The summed E-state index contributed by atoms with van der Waals surface area (Å²) in [5.74, 6) is 0. The van der Waals surface area contributed by atoms with Crippen molar-refractivity contribution in [3.8, 4) is 0 Å². The molecule has 2 aliphatic rings. The van der Waals surface area contributed by atoms with Crippen molar-refractivity contribution in [3.05, 3.63) is 12.2 Å². The van der Waals surface area contributed by atoms with Gasteiger partial charge >= 0.3 is 0 Å². The molecule has 1 nitrogen and oxygen atoms in total. The van der Waals surface area contributed by atoms with Gasteiger partial charge in [-0.1, -0.05) is 31.9 Å². The second-order valence-electron chi connectivity index (χ2n) is 4.80. The van der Waals surface area contributed by atoms with Crippen LogP contribution in [0.3, 0.4) is 0 Å². The zero-order chi connectivity index (χ0) is 9.36. The van der Waals surface area contributed by atoms with Gasteiger partial charge in [-0.15, -0.1) is 0 Å². The molecular formula is C12H20O. The van der Waals surface area contributed by atoms with Gasteiger partial charge in [0.25, 0.3) is 0 Å². The number of fused-ring (bicyclic) bond motifs is 1. The molecule has 0 radical (unpaired) electrons. The van der Waals surface area contributed by atoms with Crippen LogP contribution in [0.1, 0.15) is 45.4 Å². The van der Waals surface area contributed by atoms with Crippen LogP contribution in [0.4, 0.5) is 0 Å². The first-order valence-electron chi connectivity index (χ1n) is 5.45. The molecule has 1 heteroatoms. The van der Waals surface area contributed by atoms with Gasteiger partial charge in [0.2, 0.25) is 0 Å². The predicted octanol–water partition coefficient (Wildman–Crippen LogP) is 3.30. The smallest absolute Gasteiger partial charge is 0.0912 e. The van der Waals surface area contributed by atoms with Crippen molar-refractivity contribution < 1.29 is 4.74 Å². The Bertz CT molecular complexity index is 221. The molecule has 74 valence electrons. The molecule has 1 fully saturated rings. The Hall–Kier alpha value is -0.300. The fraction of sp³-hybridized carbons (Fsp3) is 0.833. The second-order valence-corrected chi connectivity index (χ2v) is 4.80. The summed E-state index contributed by atoms with van der Waals surface area (Å²) in [6.07, 6.45) is 12.4. The van der Waals surface area contributed by atoms with E-state index >= 15 is 0 Å². The third kappa shape index (κ3) is 1.25. The Balaban J connectivity index is 2.33. The predicted molar refractivity (Wildman–Crippen MR) is 54.7 cm³/mol. The molecule has 0 aliphatic heterocycles. The van der Waals surface area contributed by atoms with Gasteiger partial charge in [-0.3, -0.25) is 0 Å². The maximum atomic E-state index is 5.80. The molecular weight excluding hydrogens is 160 g/mol. The fourth-order valence-electron chi connectivity index (χ4n) is 3.13. The largest absolute Gasteiger partial charge is 0.374 e. The zero-order valence-corrected chi connectivity index (χ0v) is 8.81. The van der Waals surface area contributed by atoms with E-state index in [9.17, 15) is 0 Å². The topological polar surface area (TPSA) is 9.23 Å². The van der Waals surface area contributed by atoms with Gasteiger partial charge in [-0.2, -0.15) is 0 Å². The van der Waals surface area contributed by atoms with Crippen molar-refractivity contribution in [2.45, 2.75) is 51.0 Å². The van der Waals surface area contributed by atoms with Gasteiger partial charge < -0.3 is 4.74 Å².